The molecule has 2 nitrogen and oxygen atoms in total. The van der Waals surface area contributed by atoms with Crippen molar-refractivity contribution in [2.75, 3.05) is 18.5 Å². The van der Waals surface area contributed by atoms with Crippen LogP contribution >= 0.6 is 15.9 Å². The van der Waals surface area contributed by atoms with Gasteiger partial charge in [0.05, 0.1) is 0 Å². The summed E-state index contributed by atoms with van der Waals surface area (Å²) in [4.78, 5) is 2.30. The van der Waals surface area contributed by atoms with Gasteiger partial charge in [0.1, 0.15) is 0 Å². The lowest BCUT2D eigenvalue weighted by molar-refractivity contribution is 0.735. The van der Waals surface area contributed by atoms with Crippen molar-refractivity contribution in [2.24, 2.45) is 5.73 Å². The van der Waals surface area contributed by atoms with E-state index in [4.69, 9.17) is 5.73 Å². The van der Waals surface area contributed by atoms with Gasteiger partial charge in [0.25, 0.3) is 0 Å². The Labute approximate surface area is 113 Å². The second-order valence-corrected chi connectivity index (χ2v) is 5.59. The number of hydrogen-bond donors (Lipinski definition) is 1. The average molecular weight is 299 g/mol. The van der Waals surface area contributed by atoms with Crippen LogP contribution in [0.2, 0.25) is 0 Å². The van der Waals surface area contributed by atoms with Gasteiger partial charge in [-0.3, -0.25) is 0 Å². The number of benzene rings is 1. The van der Waals surface area contributed by atoms with Crippen LogP contribution in [0.25, 0.3) is 0 Å². The van der Waals surface area contributed by atoms with E-state index in [2.05, 4.69) is 53.0 Å². The molecule has 1 rings (SSSR count). The number of rotatable bonds is 6. The quantitative estimate of drug-likeness (QED) is 0.870. The van der Waals surface area contributed by atoms with Crippen molar-refractivity contribution in [3.05, 3.63) is 28.2 Å². The van der Waals surface area contributed by atoms with Crippen LogP contribution in [0.15, 0.2) is 22.7 Å². The van der Waals surface area contributed by atoms with Crippen LogP contribution in [0.5, 0.6) is 0 Å². The lowest BCUT2D eigenvalue weighted by atomic mass is 10.1. The SMILES string of the molecule is CCCCN(C)c1ccc(CC(C)N)c(Br)c1. The summed E-state index contributed by atoms with van der Waals surface area (Å²) in [6.07, 6.45) is 3.38. The monoisotopic (exact) mass is 298 g/mol. The Balaban J connectivity index is 2.73. The van der Waals surface area contributed by atoms with Crippen molar-refractivity contribution in [1.29, 1.82) is 0 Å². The molecular formula is C14H23BrN2. The molecule has 1 aromatic rings. The van der Waals surface area contributed by atoms with E-state index in [1.165, 1.54) is 24.1 Å². The molecule has 0 aromatic heterocycles. The molecule has 0 aliphatic rings. The van der Waals surface area contributed by atoms with Crippen molar-refractivity contribution in [3.63, 3.8) is 0 Å². The van der Waals surface area contributed by atoms with Gasteiger partial charge in [-0.1, -0.05) is 35.3 Å². The van der Waals surface area contributed by atoms with Crippen LogP contribution in [0.4, 0.5) is 5.69 Å². The molecule has 1 unspecified atom stereocenters. The van der Waals surface area contributed by atoms with E-state index in [0.29, 0.717) is 0 Å². The number of nitrogens with two attached hydrogens (primary N) is 1. The van der Waals surface area contributed by atoms with Gasteiger partial charge in [0.15, 0.2) is 0 Å². The van der Waals surface area contributed by atoms with Crippen LogP contribution in [0, 0.1) is 0 Å². The third-order valence-electron chi connectivity index (χ3n) is 2.87. The Morgan fingerprint density at radius 2 is 2.12 bits per heavy atom. The number of anilines is 1. The number of hydrogen-bond acceptors (Lipinski definition) is 2. The summed E-state index contributed by atoms with van der Waals surface area (Å²) in [7, 11) is 2.14. The maximum absolute atomic E-state index is 5.83. The fraction of sp³-hybridized carbons (Fsp3) is 0.571. The minimum absolute atomic E-state index is 0.204. The van der Waals surface area contributed by atoms with Gasteiger partial charge < -0.3 is 10.6 Å². The number of nitrogens with zero attached hydrogens (tertiary/aromatic N) is 1. The van der Waals surface area contributed by atoms with Crippen molar-refractivity contribution < 1.29 is 0 Å². The van der Waals surface area contributed by atoms with Crippen molar-refractivity contribution in [3.8, 4) is 0 Å². The van der Waals surface area contributed by atoms with E-state index in [1.54, 1.807) is 0 Å². The first-order chi connectivity index (χ1) is 8.04. The maximum Gasteiger partial charge on any atom is 0.0375 e. The summed E-state index contributed by atoms with van der Waals surface area (Å²) in [6.45, 7) is 5.36. The molecule has 17 heavy (non-hydrogen) atoms. The zero-order chi connectivity index (χ0) is 12.8. The van der Waals surface area contributed by atoms with Crippen LogP contribution in [0.1, 0.15) is 32.3 Å². The first-order valence-electron chi connectivity index (χ1n) is 6.29. The molecule has 0 bridgehead atoms. The Morgan fingerprint density at radius 3 is 2.65 bits per heavy atom. The molecule has 3 heteroatoms. The van der Waals surface area contributed by atoms with E-state index >= 15 is 0 Å². The first-order valence-corrected chi connectivity index (χ1v) is 7.09. The third kappa shape index (κ3) is 4.68. The Kier molecular flexibility index (Phi) is 6.00. The van der Waals surface area contributed by atoms with Gasteiger partial charge in [-0.05, 0) is 37.5 Å². The van der Waals surface area contributed by atoms with Gasteiger partial charge >= 0.3 is 0 Å². The Hall–Kier alpha value is -0.540. The van der Waals surface area contributed by atoms with E-state index < -0.39 is 0 Å². The molecule has 0 saturated heterocycles. The minimum atomic E-state index is 0.204. The lowest BCUT2D eigenvalue weighted by Gasteiger charge is -2.20. The molecule has 0 amide bonds. The largest absolute Gasteiger partial charge is 0.375 e. The molecule has 0 heterocycles. The van der Waals surface area contributed by atoms with Crippen molar-refractivity contribution in [1.82, 2.24) is 0 Å². The summed E-state index contributed by atoms with van der Waals surface area (Å²) in [5.41, 5.74) is 8.37. The van der Waals surface area contributed by atoms with Gasteiger partial charge in [-0.25, -0.2) is 0 Å². The average Bonchev–Trinajstić information content (AvgIpc) is 2.28. The molecule has 0 spiro atoms. The highest BCUT2D eigenvalue weighted by atomic mass is 79.9. The topological polar surface area (TPSA) is 29.3 Å². The van der Waals surface area contributed by atoms with E-state index in [-0.39, 0.29) is 6.04 Å². The summed E-state index contributed by atoms with van der Waals surface area (Å²) >= 11 is 3.63. The molecule has 0 radical (unpaired) electrons. The normalized spacial score (nSPS) is 12.5. The molecule has 0 aliphatic carbocycles. The summed E-state index contributed by atoms with van der Waals surface area (Å²) in [6, 6.07) is 6.74. The fourth-order valence-corrected chi connectivity index (χ4v) is 2.34. The fourth-order valence-electron chi connectivity index (χ4n) is 1.81. The molecule has 2 N–H and O–H groups in total. The van der Waals surface area contributed by atoms with Crippen LogP contribution in [-0.2, 0) is 6.42 Å². The predicted octanol–water partition coefficient (Wildman–Crippen LogP) is 3.58. The molecular weight excluding hydrogens is 276 g/mol. The van der Waals surface area contributed by atoms with Crippen LogP contribution in [0.3, 0.4) is 0 Å². The zero-order valence-electron chi connectivity index (χ0n) is 11.0. The highest BCUT2D eigenvalue weighted by Crippen LogP contribution is 2.24. The van der Waals surface area contributed by atoms with Crippen molar-refractivity contribution >= 4 is 21.6 Å². The highest BCUT2D eigenvalue weighted by molar-refractivity contribution is 9.10. The van der Waals surface area contributed by atoms with Gasteiger partial charge in [0.2, 0.25) is 0 Å². The lowest BCUT2D eigenvalue weighted by Crippen LogP contribution is -2.19. The second-order valence-electron chi connectivity index (χ2n) is 4.73. The predicted molar refractivity (Wildman–Crippen MR) is 79.7 cm³/mol. The van der Waals surface area contributed by atoms with Gasteiger partial charge in [0, 0.05) is 29.8 Å². The molecule has 1 atom stereocenters. The van der Waals surface area contributed by atoms with Gasteiger partial charge in [-0.2, -0.15) is 0 Å². The maximum atomic E-state index is 5.83. The third-order valence-corrected chi connectivity index (χ3v) is 3.60. The molecule has 96 valence electrons. The standard InChI is InChI=1S/C14H23BrN2/c1-4-5-8-17(3)13-7-6-12(9-11(2)16)14(15)10-13/h6-7,10-11H,4-5,8-9,16H2,1-3H3. The van der Waals surface area contributed by atoms with Crippen LogP contribution in [-0.4, -0.2) is 19.6 Å². The number of halogens is 1. The first kappa shape index (κ1) is 14.5. The molecule has 0 saturated carbocycles. The molecule has 1 aromatic carbocycles. The van der Waals surface area contributed by atoms with E-state index in [0.717, 1.165) is 17.4 Å². The number of unbranched alkanes of at least 4 members (excludes halogenated alkanes) is 1. The smallest absolute Gasteiger partial charge is 0.0375 e. The Bertz CT molecular complexity index is 350. The highest BCUT2D eigenvalue weighted by Gasteiger charge is 2.06. The van der Waals surface area contributed by atoms with Crippen molar-refractivity contribution in [2.45, 2.75) is 39.2 Å². The summed E-state index contributed by atoms with van der Waals surface area (Å²) in [5, 5.41) is 0. The van der Waals surface area contributed by atoms with Crippen LogP contribution < -0.4 is 10.6 Å². The van der Waals surface area contributed by atoms with E-state index in [9.17, 15) is 0 Å². The Morgan fingerprint density at radius 1 is 1.41 bits per heavy atom. The van der Waals surface area contributed by atoms with Gasteiger partial charge in [-0.15, -0.1) is 0 Å². The van der Waals surface area contributed by atoms with E-state index in [1.807, 2.05) is 6.92 Å². The minimum Gasteiger partial charge on any atom is -0.375 e. The summed E-state index contributed by atoms with van der Waals surface area (Å²) in [5.74, 6) is 0. The molecule has 0 aliphatic heterocycles. The zero-order valence-corrected chi connectivity index (χ0v) is 12.6. The summed E-state index contributed by atoms with van der Waals surface area (Å²) < 4.78 is 1.16. The second kappa shape index (κ2) is 7.02. The molecule has 0 fully saturated rings.